The standard InChI is InChI=1S/C13H15FN4O/c1-3-8-19-13-17-11(16-12(15-2)18-13)9-6-4-5-7-10(9)14/h4-7H,3,8H2,1-2H3,(H,15,16,17,18). The molecule has 0 bridgehead atoms. The van der Waals surface area contributed by atoms with Crippen molar-refractivity contribution in [3.63, 3.8) is 0 Å². The highest BCUT2D eigenvalue weighted by Crippen LogP contribution is 2.21. The fourth-order valence-electron chi connectivity index (χ4n) is 1.49. The van der Waals surface area contributed by atoms with Crippen LogP contribution in [0, 0.1) is 5.82 Å². The summed E-state index contributed by atoms with van der Waals surface area (Å²) in [5.74, 6) is 0.222. The lowest BCUT2D eigenvalue weighted by Gasteiger charge is -2.07. The summed E-state index contributed by atoms with van der Waals surface area (Å²) in [6.07, 6.45) is 0.843. The summed E-state index contributed by atoms with van der Waals surface area (Å²) < 4.78 is 19.1. The van der Waals surface area contributed by atoms with Crippen molar-refractivity contribution in [2.75, 3.05) is 19.0 Å². The van der Waals surface area contributed by atoms with Gasteiger partial charge < -0.3 is 10.1 Å². The maximum absolute atomic E-state index is 13.7. The van der Waals surface area contributed by atoms with Gasteiger partial charge in [0.2, 0.25) is 5.95 Å². The Balaban J connectivity index is 2.42. The molecule has 0 amide bonds. The van der Waals surface area contributed by atoms with Crippen molar-refractivity contribution in [1.82, 2.24) is 15.0 Å². The Bertz CT molecular complexity index is 562. The highest BCUT2D eigenvalue weighted by atomic mass is 19.1. The average Bonchev–Trinajstić information content (AvgIpc) is 2.45. The largest absolute Gasteiger partial charge is 0.463 e. The normalized spacial score (nSPS) is 10.3. The van der Waals surface area contributed by atoms with E-state index in [1.807, 2.05) is 6.92 Å². The summed E-state index contributed by atoms with van der Waals surface area (Å²) in [4.78, 5) is 12.3. The molecule has 0 radical (unpaired) electrons. The highest BCUT2D eigenvalue weighted by Gasteiger charge is 2.11. The smallest absolute Gasteiger partial charge is 0.321 e. The van der Waals surface area contributed by atoms with Gasteiger partial charge in [0.05, 0.1) is 12.2 Å². The maximum Gasteiger partial charge on any atom is 0.321 e. The number of nitrogens with zero attached hydrogens (tertiary/aromatic N) is 3. The minimum absolute atomic E-state index is 0.194. The Labute approximate surface area is 110 Å². The van der Waals surface area contributed by atoms with Crippen LogP contribution >= 0.6 is 0 Å². The summed E-state index contributed by atoms with van der Waals surface area (Å²) in [5.41, 5.74) is 0.322. The summed E-state index contributed by atoms with van der Waals surface area (Å²) >= 11 is 0. The zero-order chi connectivity index (χ0) is 13.7. The summed E-state index contributed by atoms with van der Waals surface area (Å²) in [6, 6.07) is 6.53. The quantitative estimate of drug-likeness (QED) is 0.897. The number of anilines is 1. The van der Waals surface area contributed by atoms with Gasteiger partial charge in [-0.2, -0.15) is 15.0 Å². The SMILES string of the molecule is CCCOc1nc(NC)nc(-c2ccccc2F)n1. The Morgan fingerprint density at radius 1 is 1.21 bits per heavy atom. The van der Waals surface area contributed by atoms with Crippen LogP contribution in [0.3, 0.4) is 0 Å². The van der Waals surface area contributed by atoms with Crippen molar-refractivity contribution in [3.05, 3.63) is 30.1 Å². The summed E-state index contributed by atoms with van der Waals surface area (Å²) in [5, 5.41) is 2.81. The Morgan fingerprint density at radius 2 is 2.00 bits per heavy atom. The third-order valence-electron chi connectivity index (χ3n) is 2.39. The third kappa shape index (κ3) is 3.15. The van der Waals surface area contributed by atoms with Crippen molar-refractivity contribution in [2.24, 2.45) is 0 Å². The second-order valence-corrected chi connectivity index (χ2v) is 3.84. The van der Waals surface area contributed by atoms with E-state index in [0.29, 0.717) is 18.1 Å². The van der Waals surface area contributed by atoms with E-state index in [2.05, 4.69) is 20.3 Å². The number of benzene rings is 1. The van der Waals surface area contributed by atoms with E-state index < -0.39 is 0 Å². The molecule has 19 heavy (non-hydrogen) atoms. The topological polar surface area (TPSA) is 59.9 Å². The van der Waals surface area contributed by atoms with Crippen LogP contribution in [-0.4, -0.2) is 28.6 Å². The van der Waals surface area contributed by atoms with E-state index in [1.165, 1.54) is 6.07 Å². The fourth-order valence-corrected chi connectivity index (χ4v) is 1.49. The number of rotatable bonds is 5. The molecule has 2 aromatic rings. The molecule has 1 aromatic heterocycles. The van der Waals surface area contributed by atoms with Crippen LogP contribution in [0.15, 0.2) is 24.3 Å². The first-order chi connectivity index (χ1) is 9.24. The second kappa shape index (κ2) is 6.08. The molecular formula is C13H15FN4O. The zero-order valence-corrected chi connectivity index (χ0v) is 10.9. The maximum atomic E-state index is 13.7. The molecular weight excluding hydrogens is 247 g/mol. The minimum Gasteiger partial charge on any atom is -0.463 e. The lowest BCUT2D eigenvalue weighted by Crippen LogP contribution is -2.06. The number of nitrogens with one attached hydrogen (secondary N) is 1. The van der Waals surface area contributed by atoms with Gasteiger partial charge in [-0.25, -0.2) is 4.39 Å². The van der Waals surface area contributed by atoms with Gasteiger partial charge in [0, 0.05) is 7.05 Å². The lowest BCUT2D eigenvalue weighted by molar-refractivity contribution is 0.292. The predicted octanol–water partition coefficient (Wildman–Crippen LogP) is 2.51. The van der Waals surface area contributed by atoms with E-state index in [4.69, 9.17) is 4.74 Å². The first kappa shape index (κ1) is 13.2. The van der Waals surface area contributed by atoms with Crippen LogP contribution in [0.5, 0.6) is 6.01 Å². The van der Waals surface area contributed by atoms with Crippen molar-refractivity contribution in [1.29, 1.82) is 0 Å². The van der Waals surface area contributed by atoms with Crippen molar-refractivity contribution >= 4 is 5.95 Å². The molecule has 1 heterocycles. The van der Waals surface area contributed by atoms with E-state index in [9.17, 15) is 4.39 Å². The average molecular weight is 262 g/mol. The summed E-state index contributed by atoms with van der Waals surface area (Å²) in [6.45, 7) is 2.49. The molecule has 0 atom stereocenters. The van der Waals surface area contributed by atoms with Crippen LogP contribution in [0.1, 0.15) is 13.3 Å². The predicted molar refractivity (Wildman–Crippen MR) is 70.6 cm³/mol. The van der Waals surface area contributed by atoms with Gasteiger partial charge in [-0.05, 0) is 18.6 Å². The van der Waals surface area contributed by atoms with Crippen LogP contribution < -0.4 is 10.1 Å². The molecule has 2 rings (SSSR count). The van der Waals surface area contributed by atoms with E-state index in [-0.39, 0.29) is 17.7 Å². The number of aromatic nitrogens is 3. The van der Waals surface area contributed by atoms with Crippen LogP contribution in [0.4, 0.5) is 10.3 Å². The van der Waals surface area contributed by atoms with Crippen molar-refractivity contribution in [2.45, 2.75) is 13.3 Å². The summed E-state index contributed by atoms with van der Waals surface area (Å²) in [7, 11) is 1.68. The van der Waals surface area contributed by atoms with Gasteiger partial charge >= 0.3 is 6.01 Å². The first-order valence-corrected chi connectivity index (χ1v) is 6.06. The first-order valence-electron chi connectivity index (χ1n) is 6.06. The van der Waals surface area contributed by atoms with E-state index in [1.54, 1.807) is 25.2 Å². The molecule has 1 aromatic carbocycles. The molecule has 0 aliphatic heterocycles. The molecule has 0 saturated heterocycles. The van der Waals surface area contributed by atoms with Gasteiger partial charge in [-0.3, -0.25) is 0 Å². The van der Waals surface area contributed by atoms with E-state index >= 15 is 0 Å². The molecule has 100 valence electrons. The molecule has 5 nitrogen and oxygen atoms in total. The molecule has 1 N–H and O–H groups in total. The third-order valence-corrected chi connectivity index (χ3v) is 2.39. The molecule has 0 spiro atoms. The van der Waals surface area contributed by atoms with Gasteiger partial charge in [0.15, 0.2) is 5.82 Å². The van der Waals surface area contributed by atoms with Crippen LogP contribution in [-0.2, 0) is 0 Å². The van der Waals surface area contributed by atoms with Gasteiger partial charge in [-0.15, -0.1) is 0 Å². The molecule has 0 aliphatic carbocycles. The van der Waals surface area contributed by atoms with Crippen LogP contribution in [0.2, 0.25) is 0 Å². The van der Waals surface area contributed by atoms with Gasteiger partial charge in [-0.1, -0.05) is 19.1 Å². The monoisotopic (exact) mass is 262 g/mol. The van der Waals surface area contributed by atoms with Crippen molar-refractivity contribution in [3.8, 4) is 17.4 Å². The Hall–Kier alpha value is -2.24. The molecule has 0 saturated carbocycles. The number of hydrogen-bond acceptors (Lipinski definition) is 5. The number of ether oxygens (including phenoxy) is 1. The van der Waals surface area contributed by atoms with Crippen LogP contribution in [0.25, 0.3) is 11.4 Å². The lowest BCUT2D eigenvalue weighted by atomic mass is 10.2. The Morgan fingerprint density at radius 3 is 2.68 bits per heavy atom. The fraction of sp³-hybridized carbons (Fsp3) is 0.308. The minimum atomic E-state index is -0.378. The van der Waals surface area contributed by atoms with E-state index in [0.717, 1.165) is 6.42 Å². The second-order valence-electron chi connectivity index (χ2n) is 3.84. The molecule has 0 fully saturated rings. The van der Waals surface area contributed by atoms with Gasteiger partial charge in [0.1, 0.15) is 5.82 Å². The van der Waals surface area contributed by atoms with Gasteiger partial charge in [0.25, 0.3) is 0 Å². The van der Waals surface area contributed by atoms with Crippen molar-refractivity contribution < 1.29 is 9.13 Å². The number of hydrogen-bond donors (Lipinski definition) is 1. The molecule has 6 heteroatoms. The molecule has 0 aliphatic rings. The molecule has 0 unspecified atom stereocenters. The highest BCUT2D eigenvalue weighted by molar-refractivity contribution is 5.57. The zero-order valence-electron chi connectivity index (χ0n) is 10.9. The Kier molecular flexibility index (Phi) is 4.22. The number of halogens is 1.